The zero-order valence-corrected chi connectivity index (χ0v) is 17.4. The molecule has 1 saturated heterocycles. The van der Waals surface area contributed by atoms with Crippen LogP contribution in [0, 0.1) is 5.82 Å². The van der Waals surface area contributed by atoms with Crippen LogP contribution in [0.4, 0.5) is 9.18 Å². The highest BCUT2D eigenvalue weighted by molar-refractivity contribution is 6.13. The van der Waals surface area contributed by atoms with Crippen LogP contribution in [0.2, 0.25) is 0 Å². The molecule has 6 nitrogen and oxygen atoms in total. The number of carbonyl (C=O) groups excluding carboxylic acids is 2. The summed E-state index contributed by atoms with van der Waals surface area (Å²) in [7, 11) is 1.55. The molecule has 0 bridgehead atoms. The van der Waals surface area contributed by atoms with Crippen LogP contribution in [-0.4, -0.2) is 23.9 Å². The number of hydrogen-bond donors (Lipinski definition) is 1. The predicted molar refractivity (Wildman–Crippen MR) is 117 cm³/mol. The molecule has 1 N–H and O–H groups in total. The summed E-state index contributed by atoms with van der Waals surface area (Å²) in [5.41, 5.74) is 2.47. The Kier molecular flexibility index (Phi) is 6.17. The molecule has 1 aliphatic heterocycles. The number of hydrogen-bond acceptors (Lipinski definition) is 4. The molecular weight excluding hydrogens is 411 g/mol. The molecule has 7 heteroatoms. The number of ether oxygens (including phenoxy) is 2. The number of imide groups is 1. The van der Waals surface area contributed by atoms with E-state index in [0.717, 1.165) is 10.5 Å². The Balaban J connectivity index is 1.51. The van der Waals surface area contributed by atoms with Crippen LogP contribution in [0.15, 0.2) is 78.5 Å². The summed E-state index contributed by atoms with van der Waals surface area (Å²) >= 11 is 0. The predicted octanol–water partition coefficient (Wildman–Crippen LogP) is 4.51. The van der Waals surface area contributed by atoms with Crippen molar-refractivity contribution in [2.45, 2.75) is 13.2 Å². The van der Waals surface area contributed by atoms with E-state index in [1.165, 1.54) is 24.3 Å². The second kappa shape index (κ2) is 9.34. The second-order valence-electron chi connectivity index (χ2n) is 7.19. The standard InChI is InChI=1S/C25H21FN2O4/c1-31-22-12-9-19(14-23(22)32-16-18-5-3-2-4-6-18)13-21-24(29)28(25(30)27-21)15-17-7-10-20(26)11-8-17/h2-14H,15-16H2,1H3,(H,27,30)/b21-13+. The lowest BCUT2D eigenvalue weighted by Crippen LogP contribution is -2.30. The fourth-order valence-corrected chi connectivity index (χ4v) is 3.29. The van der Waals surface area contributed by atoms with Crippen molar-refractivity contribution in [2.24, 2.45) is 0 Å². The minimum Gasteiger partial charge on any atom is -0.493 e. The Morgan fingerprint density at radius 3 is 2.41 bits per heavy atom. The summed E-state index contributed by atoms with van der Waals surface area (Å²) in [5.74, 6) is 0.242. The summed E-state index contributed by atoms with van der Waals surface area (Å²) in [5, 5.41) is 2.59. The molecule has 1 fully saturated rings. The lowest BCUT2D eigenvalue weighted by Gasteiger charge is -2.12. The fraction of sp³-hybridized carbons (Fsp3) is 0.120. The van der Waals surface area contributed by atoms with Crippen molar-refractivity contribution in [1.82, 2.24) is 10.2 Å². The number of carbonyl (C=O) groups is 2. The molecule has 32 heavy (non-hydrogen) atoms. The topological polar surface area (TPSA) is 67.9 Å². The Labute approximate surface area is 184 Å². The lowest BCUT2D eigenvalue weighted by molar-refractivity contribution is -0.123. The van der Waals surface area contributed by atoms with E-state index in [9.17, 15) is 14.0 Å². The van der Waals surface area contributed by atoms with Crippen LogP contribution in [-0.2, 0) is 17.9 Å². The van der Waals surface area contributed by atoms with Crippen molar-refractivity contribution in [1.29, 1.82) is 0 Å². The number of urea groups is 1. The first-order valence-electron chi connectivity index (χ1n) is 9.97. The van der Waals surface area contributed by atoms with Crippen LogP contribution in [0.3, 0.4) is 0 Å². The maximum absolute atomic E-state index is 13.1. The molecular formula is C25H21FN2O4. The van der Waals surface area contributed by atoms with E-state index in [4.69, 9.17) is 9.47 Å². The Morgan fingerprint density at radius 2 is 1.69 bits per heavy atom. The average molecular weight is 432 g/mol. The van der Waals surface area contributed by atoms with E-state index in [1.54, 1.807) is 31.4 Å². The van der Waals surface area contributed by atoms with Gasteiger partial charge in [0.05, 0.1) is 13.7 Å². The van der Waals surface area contributed by atoms with E-state index >= 15 is 0 Å². The van der Waals surface area contributed by atoms with Gasteiger partial charge in [0.15, 0.2) is 11.5 Å². The normalized spacial score (nSPS) is 14.6. The molecule has 3 aromatic rings. The van der Waals surface area contributed by atoms with Crippen LogP contribution in [0.1, 0.15) is 16.7 Å². The number of amides is 3. The number of methoxy groups -OCH3 is 1. The summed E-state index contributed by atoms with van der Waals surface area (Å²) < 4.78 is 24.4. The highest BCUT2D eigenvalue weighted by atomic mass is 19.1. The van der Waals surface area contributed by atoms with Gasteiger partial charge in [-0.3, -0.25) is 9.69 Å². The number of nitrogens with one attached hydrogen (secondary N) is 1. The number of halogens is 1. The van der Waals surface area contributed by atoms with Crippen molar-refractivity contribution in [3.05, 3.63) is 101 Å². The maximum atomic E-state index is 13.1. The van der Waals surface area contributed by atoms with E-state index in [1.807, 2.05) is 30.3 Å². The molecule has 0 unspecified atom stereocenters. The molecule has 0 radical (unpaired) electrons. The Morgan fingerprint density at radius 1 is 0.938 bits per heavy atom. The summed E-state index contributed by atoms with van der Waals surface area (Å²) in [6.45, 7) is 0.411. The lowest BCUT2D eigenvalue weighted by atomic mass is 10.1. The first-order valence-corrected chi connectivity index (χ1v) is 9.97. The molecule has 3 aromatic carbocycles. The highest BCUT2D eigenvalue weighted by Crippen LogP contribution is 2.30. The first-order chi connectivity index (χ1) is 15.5. The molecule has 0 aliphatic carbocycles. The molecule has 0 spiro atoms. The van der Waals surface area contributed by atoms with Crippen molar-refractivity contribution in [3.8, 4) is 11.5 Å². The van der Waals surface area contributed by atoms with Crippen LogP contribution >= 0.6 is 0 Å². The quantitative estimate of drug-likeness (QED) is 0.441. The van der Waals surface area contributed by atoms with Crippen molar-refractivity contribution < 1.29 is 23.5 Å². The van der Waals surface area contributed by atoms with Crippen molar-refractivity contribution >= 4 is 18.0 Å². The molecule has 1 heterocycles. The summed E-state index contributed by atoms with van der Waals surface area (Å²) in [6.07, 6.45) is 1.58. The van der Waals surface area contributed by atoms with E-state index in [0.29, 0.717) is 29.2 Å². The van der Waals surface area contributed by atoms with E-state index < -0.39 is 11.9 Å². The largest absolute Gasteiger partial charge is 0.493 e. The first kappa shape index (κ1) is 21.1. The molecule has 0 saturated carbocycles. The Hall–Kier alpha value is -4.13. The second-order valence-corrected chi connectivity index (χ2v) is 7.19. The van der Waals surface area contributed by atoms with Gasteiger partial charge in [0.1, 0.15) is 18.1 Å². The number of nitrogens with zero attached hydrogens (tertiary/aromatic N) is 1. The minimum absolute atomic E-state index is 0.0519. The van der Waals surface area contributed by atoms with Gasteiger partial charge in [0, 0.05) is 0 Å². The van der Waals surface area contributed by atoms with Gasteiger partial charge in [0.25, 0.3) is 5.91 Å². The Bertz CT molecular complexity index is 1160. The SMILES string of the molecule is COc1ccc(/C=C2/NC(=O)N(Cc3ccc(F)cc3)C2=O)cc1OCc1ccccc1. The highest BCUT2D eigenvalue weighted by Gasteiger charge is 2.33. The third-order valence-electron chi connectivity index (χ3n) is 4.95. The fourth-order valence-electron chi connectivity index (χ4n) is 3.29. The molecule has 0 aromatic heterocycles. The van der Waals surface area contributed by atoms with E-state index in [-0.39, 0.29) is 18.1 Å². The van der Waals surface area contributed by atoms with E-state index in [2.05, 4.69) is 5.32 Å². The molecule has 3 amide bonds. The summed E-state index contributed by atoms with van der Waals surface area (Å²) in [4.78, 5) is 26.2. The number of benzene rings is 3. The minimum atomic E-state index is -0.528. The number of rotatable bonds is 7. The third-order valence-corrected chi connectivity index (χ3v) is 4.95. The van der Waals surface area contributed by atoms with Gasteiger partial charge in [-0.1, -0.05) is 48.5 Å². The molecule has 1 aliphatic rings. The van der Waals surface area contributed by atoms with Crippen molar-refractivity contribution in [3.63, 3.8) is 0 Å². The van der Waals surface area contributed by atoms with Crippen LogP contribution in [0.5, 0.6) is 11.5 Å². The van der Waals surface area contributed by atoms with Gasteiger partial charge >= 0.3 is 6.03 Å². The van der Waals surface area contributed by atoms with Crippen LogP contribution in [0.25, 0.3) is 6.08 Å². The maximum Gasteiger partial charge on any atom is 0.329 e. The molecule has 4 rings (SSSR count). The summed E-state index contributed by atoms with van der Waals surface area (Å²) in [6, 6.07) is 20.1. The zero-order valence-electron chi connectivity index (χ0n) is 17.4. The van der Waals surface area contributed by atoms with Gasteiger partial charge in [-0.05, 0) is 47.0 Å². The van der Waals surface area contributed by atoms with Gasteiger partial charge < -0.3 is 14.8 Å². The van der Waals surface area contributed by atoms with Gasteiger partial charge in [-0.2, -0.15) is 0 Å². The molecule has 162 valence electrons. The third kappa shape index (κ3) is 4.78. The van der Waals surface area contributed by atoms with Gasteiger partial charge in [-0.15, -0.1) is 0 Å². The molecule has 0 atom stereocenters. The zero-order chi connectivity index (χ0) is 22.5. The van der Waals surface area contributed by atoms with Crippen molar-refractivity contribution in [2.75, 3.05) is 7.11 Å². The van der Waals surface area contributed by atoms with Gasteiger partial charge in [-0.25, -0.2) is 9.18 Å². The van der Waals surface area contributed by atoms with Crippen LogP contribution < -0.4 is 14.8 Å². The monoisotopic (exact) mass is 432 g/mol. The van der Waals surface area contributed by atoms with Gasteiger partial charge in [0.2, 0.25) is 0 Å². The average Bonchev–Trinajstić information content (AvgIpc) is 3.07. The smallest absolute Gasteiger partial charge is 0.329 e.